The molecular formula is C15H18N4S. The highest BCUT2D eigenvalue weighted by Gasteiger charge is 2.10. The first kappa shape index (κ1) is 13.1. The third-order valence-electron chi connectivity index (χ3n) is 3.28. The van der Waals surface area contributed by atoms with Crippen molar-refractivity contribution in [1.29, 1.82) is 0 Å². The van der Waals surface area contributed by atoms with Crippen LogP contribution in [0.5, 0.6) is 0 Å². The fourth-order valence-electron chi connectivity index (χ4n) is 2.26. The molecular weight excluding hydrogens is 268 g/mol. The van der Waals surface area contributed by atoms with Gasteiger partial charge in [0, 0.05) is 16.3 Å². The second kappa shape index (κ2) is 5.25. The van der Waals surface area contributed by atoms with Gasteiger partial charge in [0.05, 0.1) is 24.1 Å². The van der Waals surface area contributed by atoms with Gasteiger partial charge in [0.1, 0.15) is 0 Å². The van der Waals surface area contributed by atoms with Crippen molar-refractivity contribution in [2.75, 3.05) is 5.32 Å². The highest BCUT2D eigenvalue weighted by atomic mass is 32.1. The van der Waals surface area contributed by atoms with Crippen LogP contribution >= 0.6 is 11.3 Å². The smallest absolute Gasteiger partial charge is 0.158 e. The van der Waals surface area contributed by atoms with Gasteiger partial charge in [-0.25, -0.2) is 9.67 Å². The van der Waals surface area contributed by atoms with E-state index >= 15 is 0 Å². The van der Waals surface area contributed by atoms with Gasteiger partial charge in [-0.2, -0.15) is 5.10 Å². The van der Waals surface area contributed by atoms with Crippen molar-refractivity contribution in [3.05, 3.63) is 40.8 Å². The maximum Gasteiger partial charge on any atom is 0.158 e. The fraction of sp³-hybridized carbons (Fsp3) is 0.333. The Morgan fingerprint density at radius 1 is 1.25 bits per heavy atom. The minimum Gasteiger partial charge on any atom is -0.376 e. The second-order valence-electron chi connectivity index (χ2n) is 5.20. The summed E-state index contributed by atoms with van der Waals surface area (Å²) in [6, 6.07) is 6.94. The van der Waals surface area contributed by atoms with Gasteiger partial charge in [0.15, 0.2) is 5.65 Å². The minimum absolute atomic E-state index is 0.286. The molecule has 5 heteroatoms. The van der Waals surface area contributed by atoms with Crippen molar-refractivity contribution >= 4 is 28.1 Å². The zero-order chi connectivity index (χ0) is 14.1. The molecule has 3 aromatic heterocycles. The van der Waals surface area contributed by atoms with Crippen LogP contribution < -0.4 is 5.32 Å². The lowest BCUT2D eigenvalue weighted by molar-refractivity contribution is 0.546. The first-order chi connectivity index (χ1) is 9.65. The summed E-state index contributed by atoms with van der Waals surface area (Å²) in [6.07, 6.45) is 3.76. The summed E-state index contributed by atoms with van der Waals surface area (Å²) in [6.45, 7) is 6.38. The molecule has 104 valence electrons. The quantitative estimate of drug-likeness (QED) is 0.779. The van der Waals surface area contributed by atoms with Crippen molar-refractivity contribution < 1.29 is 0 Å². The molecule has 20 heavy (non-hydrogen) atoms. The van der Waals surface area contributed by atoms with E-state index in [0.29, 0.717) is 6.04 Å². The minimum atomic E-state index is 0.286. The first-order valence-electron chi connectivity index (χ1n) is 6.78. The lowest BCUT2D eigenvalue weighted by Gasteiger charge is -2.13. The van der Waals surface area contributed by atoms with Crippen LogP contribution in [0, 0.1) is 0 Å². The Hall–Kier alpha value is -1.88. The number of hydrogen-bond acceptors (Lipinski definition) is 4. The van der Waals surface area contributed by atoms with E-state index in [1.165, 1.54) is 4.88 Å². The summed E-state index contributed by atoms with van der Waals surface area (Å²) < 4.78 is 1.95. The predicted octanol–water partition coefficient (Wildman–Crippen LogP) is 4.25. The van der Waals surface area contributed by atoms with Gasteiger partial charge in [-0.15, -0.1) is 11.3 Å². The molecule has 1 atom stereocenters. The van der Waals surface area contributed by atoms with E-state index in [4.69, 9.17) is 0 Å². The van der Waals surface area contributed by atoms with Gasteiger partial charge in [-0.1, -0.05) is 6.07 Å². The van der Waals surface area contributed by atoms with E-state index in [9.17, 15) is 0 Å². The van der Waals surface area contributed by atoms with E-state index in [-0.39, 0.29) is 6.04 Å². The number of hydrogen-bond donors (Lipinski definition) is 1. The van der Waals surface area contributed by atoms with Gasteiger partial charge in [0.2, 0.25) is 0 Å². The Labute approximate surface area is 122 Å². The van der Waals surface area contributed by atoms with Gasteiger partial charge < -0.3 is 5.32 Å². The number of pyridine rings is 1. The van der Waals surface area contributed by atoms with Crippen LogP contribution in [0.25, 0.3) is 11.0 Å². The van der Waals surface area contributed by atoms with Crippen molar-refractivity contribution in [1.82, 2.24) is 14.8 Å². The topological polar surface area (TPSA) is 42.7 Å². The Kier molecular flexibility index (Phi) is 3.44. The Bertz CT molecular complexity index is 700. The number of aromatic nitrogens is 3. The summed E-state index contributed by atoms with van der Waals surface area (Å²) in [5.41, 5.74) is 1.97. The predicted molar refractivity (Wildman–Crippen MR) is 84.3 cm³/mol. The number of fused-ring (bicyclic) bond motifs is 1. The number of anilines is 1. The second-order valence-corrected chi connectivity index (χ2v) is 6.18. The molecule has 0 radical (unpaired) electrons. The molecule has 0 saturated carbocycles. The molecule has 0 aliphatic carbocycles. The molecule has 0 spiro atoms. The third kappa shape index (κ3) is 2.41. The molecule has 0 saturated heterocycles. The molecule has 3 rings (SSSR count). The molecule has 0 fully saturated rings. The van der Waals surface area contributed by atoms with E-state index in [1.54, 1.807) is 11.3 Å². The molecule has 0 aliphatic rings. The average molecular weight is 286 g/mol. The Balaban J connectivity index is 1.86. The van der Waals surface area contributed by atoms with Crippen molar-refractivity contribution in [3.8, 4) is 0 Å². The Morgan fingerprint density at radius 3 is 2.80 bits per heavy atom. The van der Waals surface area contributed by atoms with Gasteiger partial charge in [-0.05, 0) is 38.3 Å². The van der Waals surface area contributed by atoms with Crippen molar-refractivity contribution in [2.45, 2.75) is 32.9 Å². The van der Waals surface area contributed by atoms with Crippen LogP contribution in [-0.2, 0) is 0 Å². The van der Waals surface area contributed by atoms with Crippen molar-refractivity contribution in [2.24, 2.45) is 0 Å². The summed E-state index contributed by atoms with van der Waals surface area (Å²) in [5, 5.41) is 11.0. The first-order valence-corrected chi connectivity index (χ1v) is 7.66. The lowest BCUT2D eigenvalue weighted by atomic mass is 10.2. The van der Waals surface area contributed by atoms with Crippen LogP contribution in [0.1, 0.15) is 37.7 Å². The maximum atomic E-state index is 4.54. The van der Waals surface area contributed by atoms with Crippen LogP contribution in [0.3, 0.4) is 0 Å². The van der Waals surface area contributed by atoms with E-state index in [2.05, 4.69) is 59.7 Å². The molecule has 1 N–H and O–H groups in total. The fourth-order valence-corrected chi connectivity index (χ4v) is 2.99. The summed E-state index contributed by atoms with van der Waals surface area (Å²) in [5.74, 6) is 0. The molecule has 4 nitrogen and oxygen atoms in total. The molecule has 3 heterocycles. The third-order valence-corrected chi connectivity index (χ3v) is 4.33. The number of nitrogens with zero attached hydrogens (tertiary/aromatic N) is 3. The molecule has 1 unspecified atom stereocenters. The largest absolute Gasteiger partial charge is 0.376 e. The molecule has 0 aliphatic heterocycles. The van der Waals surface area contributed by atoms with E-state index < -0.39 is 0 Å². The van der Waals surface area contributed by atoms with E-state index in [0.717, 1.165) is 16.7 Å². The van der Waals surface area contributed by atoms with Crippen LogP contribution in [0.2, 0.25) is 0 Å². The normalized spacial score (nSPS) is 13.0. The summed E-state index contributed by atoms with van der Waals surface area (Å²) in [4.78, 5) is 5.86. The molecule has 3 aromatic rings. The van der Waals surface area contributed by atoms with E-state index in [1.807, 2.05) is 17.1 Å². The molecule has 0 aromatic carbocycles. The number of rotatable bonds is 4. The average Bonchev–Trinajstić information content (AvgIpc) is 3.07. The highest BCUT2D eigenvalue weighted by molar-refractivity contribution is 7.10. The molecule has 0 bridgehead atoms. The van der Waals surface area contributed by atoms with Crippen LogP contribution in [-0.4, -0.2) is 14.8 Å². The summed E-state index contributed by atoms with van der Waals surface area (Å²) in [7, 11) is 0. The standard InChI is InChI=1S/C15H18N4S/c1-10(2)19-15-12(8-17-19)7-13(9-16-15)18-11(3)14-5-4-6-20-14/h4-11,18H,1-3H3. The zero-order valence-corrected chi connectivity index (χ0v) is 12.7. The lowest BCUT2D eigenvalue weighted by Crippen LogP contribution is -2.06. The van der Waals surface area contributed by atoms with Crippen LogP contribution in [0.4, 0.5) is 5.69 Å². The van der Waals surface area contributed by atoms with Gasteiger partial charge >= 0.3 is 0 Å². The SMILES string of the molecule is CC(Nc1cnc2c(cnn2C(C)C)c1)c1cccs1. The van der Waals surface area contributed by atoms with Crippen LogP contribution in [0.15, 0.2) is 36.0 Å². The monoisotopic (exact) mass is 286 g/mol. The van der Waals surface area contributed by atoms with Gasteiger partial charge in [0.25, 0.3) is 0 Å². The zero-order valence-electron chi connectivity index (χ0n) is 11.9. The molecule has 0 amide bonds. The number of nitrogens with one attached hydrogen (secondary N) is 1. The summed E-state index contributed by atoms with van der Waals surface area (Å²) >= 11 is 1.76. The number of thiophene rings is 1. The van der Waals surface area contributed by atoms with Gasteiger partial charge in [-0.3, -0.25) is 0 Å². The van der Waals surface area contributed by atoms with Crippen molar-refractivity contribution in [3.63, 3.8) is 0 Å². The Morgan fingerprint density at radius 2 is 2.10 bits per heavy atom. The highest BCUT2D eigenvalue weighted by Crippen LogP contribution is 2.25. The maximum absolute atomic E-state index is 4.54.